The number of rotatable bonds is 7. The number of hydrazine groups is 1. The normalized spacial score (nSPS) is 14.4. The number of carbonyl (C=O) groups is 2. The number of amides is 2. The van der Waals surface area contributed by atoms with Gasteiger partial charge in [-0.05, 0) is 25.1 Å². The minimum absolute atomic E-state index is 0.125. The predicted octanol–water partition coefficient (Wildman–Crippen LogP) is 2.17. The van der Waals surface area contributed by atoms with Crippen molar-refractivity contribution >= 4 is 31.7 Å². The number of imide groups is 1. The molecule has 0 saturated heterocycles. The van der Waals surface area contributed by atoms with E-state index in [1.54, 1.807) is 0 Å². The molecule has 1 heterocycles. The van der Waals surface area contributed by atoms with Crippen molar-refractivity contribution in [1.82, 2.24) is 15.0 Å². The fourth-order valence-corrected chi connectivity index (χ4v) is 2.96. The molecule has 0 radical (unpaired) electrons. The summed E-state index contributed by atoms with van der Waals surface area (Å²) in [5.74, 6) is 4.77. The van der Waals surface area contributed by atoms with Gasteiger partial charge in [-0.1, -0.05) is 31.4 Å². The molecular weight excluding hydrogens is 344 g/mol. The van der Waals surface area contributed by atoms with Crippen molar-refractivity contribution in [3.8, 4) is 5.88 Å². The Bertz CT molecular complexity index is 632. The smallest absolute Gasteiger partial charge is 0.281 e. The van der Waals surface area contributed by atoms with Gasteiger partial charge in [-0.15, -0.1) is 0 Å². The summed E-state index contributed by atoms with van der Waals surface area (Å²) in [7, 11) is -1.27. The first-order valence-electron chi connectivity index (χ1n) is 7.90. The second kappa shape index (κ2) is 7.62. The molecule has 0 spiro atoms. The summed E-state index contributed by atoms with van der Waals surface area (Å²) in [4.78, 5) is 32.9. The molecule has 2 amide bonds. The van der Waals surface area contributed by atoms with E-state index in [2.05, 4.69) is 29.6 Å². The van der Waals surface area contributed by atoms with E-state index in [0.29, 0.717) is 16.8 Å². The van der Waals surface area contributed by atoms with Crippen molar-refractivity contribution in [3.05, 3.63) is 11.8 Å². The Kier molecular flexibility index (Phi) is 6.00. The summed E-state index contributed by atoms with van der Waals surface area (Å²) < 4.78 is 5.74. The maximum absolute atomic E-state index is 12.5. The highest BCUT2D eigenvalue weighted by atomic mass is 32.2. The van der Waals surface area contributed by atoms with Crippen LogP contribution in [0.4, 0.5) is 0 Å². The summed E-state index contributed by atoms with van der Waals surface area (Å²) in [5.41, 5.74) is 0.125. The number of hydrogen-bond acceptors (Lipinski definition) is 7. The molecular formula is C15H24N4O3SSi. The standard InChI is InChI=1S/C15H24N4O3SSi/c1-23-15-17-9-11(12(18-15)22-7-8-24(2,3)4)14(21)19(16)13(20)10-5-6-10/h9-10H,5-8,16H2,1-4H3. The molecule has 0 bridgehead atoms. The van der Waals surface area contributed by atoms with E-state index in [1.165, 1.54) is 18.0 Å². The second-order valence-electron chi connectivity index (χ2n) is 7.02. The van der Waals surface area contributed by atoms with E-state index in [9.17, 15) is 9.59 Å². The number of nitrogens with zero attached hydrogens (tertiary/aromatic N) is 3. The first-order chi connectivity index (χ1) is 11.2. The van der Waals surface area contributed by atoms with Crippen LogP contribution in [0.2, 0.25) is 25.7 Å². The van der Waals surface area contributed by atoms with E-state index in [4.69, 9.17) is 10.6 Å². The van der Waals surface area contributed by atoms with Gasteiger partial charge in [0.2, 0.25) is 11.8 Å². The van der Waals surface area contributed by atoms with Gasteiger partial charge in [0.05, 0.1) is 6.61 Å². The van der Waals surface area contributed by atoms with Crippen molar-refractivity contribution in [2.24, 2.45) is 11.8 Å². The molecule has 1 aliphatic carbocycles. The summed E-state index contributed by atoms with van der Waals surface area (Å²) in [6, 6.07) is 0.937. The molecule has 0 unspecified atom stereocenters. The molecule has 24 heavy (non-hydrogen) atoms. The van der Waals surface area contributed by atoms with E-state index in [1.807, 2.05) is 6.26 Å². The molecule has 2 rings (SSSR count). The molecule has 7 nitrogen and oxygen atoms in total. The quantitative estimate of drug-likeness (QED) is 0.150. The lowest BCUT2D eigenvalue weighted by Crippen LogP contribution is -2.43. The van der Waals surface area contributed by atoms with Gasteiger partial charge in [-0.2, -0.15) is 4.98 Å². The zero-order valence-corrected chi connectivity index (χ0v) is 16.4. The fraction of sp³-hybridized carbons (Fsp3) is 0.600. The van der Waals surface area contributed by atoms with Crippen LogP contribution >= 0.6 is 11.8 Å². The summed E-state index contributed by atoms with van der Waals surface area (Å²) in [5, 5.41) is 1.17. The van der Waals surface area contributed by atoms with Crippen LogP contribution in [0.25, 0.3) is 0 Å². The number of nitrogens with two attached hydrogens (primary N) is 1. The van der Waals surface area contributed by atoms with Crippen molar-refractivity contribution in [2.45, 2.75) is 43.7 Å². The summed E-state index contributed by atoms with van der Waals surface area (Å²) >= 11 is 1.36. The van der Waals surface area contributed by atoms with Crippen molar-refractivity contribution in [1.29, 1.82) is 0 Å². The van der Waals surface area contributed by atoms with Crippen molar-refractivity contribution in [3.63, 3.8) is 0 Å². The van der Waals surface area contributed by atoms with E-state index >= 15 is 0 Å². The molecule has 132 valence electrons. The van der Waals surface area contributed by atoms with Gasteiger partial charge in [-0.25, -0.2) is 15.8 Å². The SMILES string of the molecule is CSc1ncc(C(=O)N(N)C(=O)C2CC2)c(OCC[Si](C)(C)C)n1. The molecule has 1 aliphatic rings. The Morgan fingerprint density at radius 2 is 2.08 bits per heavy atom. The lowest BCUT2D eigenvalue weighted by molar-refractivity contribution is -0.130. The number of hydrogen-bond donors (Lipinski definition) is 1. The lowest BCUT2D eigenvalue weighted by Gasteiger charge is -2.18. The largest absolute Gasteiger partial charge is 0.477 e. The third kappa shape index (κ3) is 5.02. The van der Waals surface area contributed by atoms with E-state index in [-0.39, 0.29) is 23.3 Å². The highest BCUT2D eigenvalue weighted by Crippen LogP contribution is 2.31. The molecule has 0 aliphatic heterocycles. The first-order valence-corrected chi connectivity index (χ1v) is 12.8. The van der Waals surface area contributed by atoms with Gasteiger partial charge in [0.25, 0.3) is 5.91 Å². The van der Waals surface area contributed by atoms with Crippen LogP contribution in [0.3, 0.4) is 0 Å². The second-order valence-corrected chi connectivity index (χ2v) is 13.4. The zero-order chi connectivity index (χ0) is 17.9. The minimum atomic E-state index is -1.27. The Balaban J connectivity index is 2.17. The monoisotopic (exact) mass is 368 g/mol. The van der Waals surface area contributed by atoms with E-state index in [0.717, 1.165) is 18.9 Å². The van der Waals surface area contributed by atoms with Crippen LogP contribution in [0.15, 0.2) is 11.4 Å². The highest BCUT2D eigenvalue weighted by molar-refractivity contribution is 7.98. The Hall–Kier alpha value is -1.45. The number of aromatic nitrogens is 2. The van der Waals surface area contributed by atoms with Gasteiger partial charge in [0, 0.05) is 20.2 Å². The minimum Gasteiger partial charge on any atom is -0.477 e. The lowest BCUT2D eigenvalue weighted by atomic mass is 10.2. The van der Waals surface area contributed by atoms with Gasteiger partial charge < -0.3 is 4.74 Å². The van der Waals surface area contributed by atoms with Crippen LogP contribution in [0, 0.1) is 5.92 Å². The third-order valence-electron chi connectivity index (χ3n) is 3.62. The maximum atomic E-state index is 12.5. The van der Waals surface area contributed by atoms with Crippen molar-refractivity contribution in [2.75, 3.05) is 12.9 Å². The van der Waals surface area contributed by atoms with E-state index < -0.39 is 14.0 Å². The predicted molar refractivity (Wildman–Crippen MR) is 95.5 cm³/mol. The Labute approximate surface area is 147 Å². The topological polar surface area (TPSA) is 98.4 Å². The van der Waals surface area contributed by atoms with Crippen molar-refractivity contribution < 1.29 is 14.3 Å². The van der Waals surface area contributed by atoms with Crippen LogP contribution in [0.1, 0.15) is 23.2 Å². The Morgan fingerprint density at radius 1 is 1.42 bits per heavy atom. The van der Waals surface area contributed by atoms with Crippen LogP contribution in [-0.4, -0.2) is 47.7 Å². The number of thioether (sulfide) groups is 1. The molecule has 9 heteroatoms. The fourth-order valence-electron chi connectivity index (χ4n) is 1.92. The molecule has 1 aromatic heterocycles. The first kappa shape index (κ1) is 18.9. The summed E-state index contributed by atoms with van der Waals surface area (Å²) in [6.45, 7) is 7.20. The van der Waals surface area contributed by atoms with Crippen LogP contribution in [0.5, 0.6) is 5.88 Å². The van der Waals surface area contributed by atoms with Gasteiger partial charge in [-0.3, -0.25) is 9.59 Å². The summed E-state index contributed by atoms with van der Waals surface area (Å²) in [6.07, 6.45) is 4.78. The Morgan fingerprint density at radius 3 is 2.62 bits per heavy atom. The maximum Gasteiger partial charge on any atom is 0.281 e. The molecule has 1 fully saturated rings. The number of carbonyl (C=O) groups excluding carboxylic acids is 2. The molecule has 0 atom stereocenters. The van der Waals surface area contributed by atoms with Gasteiger partial charge in [0.1, 0.15) is 5.56 Å². The highest BCUT2D eigenvalue weighted by Gasteiger charge is 2.36. The molecule has 1 aromatic rings. The average Bonchev–Trinajstić information content (AvgIpc) is 3.36. The molecule has 0 aromatic carbocycles. The van der Waals surface area contributed by atoms with Crippen LogP contribution in [-0.2, 0) is 4.79 Å². The third-order valence-corrected chi connectivity index (χ3v) is 5.88. The number of ether oxygens (including phenoxy) is 1. The zero-order valence-electron chi connectivity index (χ0n) is 14.5. The van der Waals surface area contributed by atoms with Crippen LogP contribution < -0.4 is 10.6 Å². The molecule has 2 N–H and O–H groups in total. The average molecular weight is 369 g/mol. The van der Waals surface area contributed by atoms with Gasteiger partial charge in [0.15, 0.2) is 5.16 Å². The van der Waals surface area contributed by atoms with Gasteiger partial charge >= 0.3 is 0 Å². The molecule has 1 saturated carbocycles.